The van der Waals surface area contributed by atoms with Gasteiger partial charge in [-0.1, -0.05) is 372 Å². The average molecular weight is 1140 g/mol. The minimum absolute atomic E-state index is 0.0201. The second-order valence-electron chi connectivity index (χ2n) is 25.6. The van der Waals surface area contributed by atoms with E-state index < -0.39 is 12.1 Å². The van der Waals surface area contributed by atoms with Crippen molar-refractivity contribution in [3.63, 3.8) is 0 Å². The normalized spacial score (nSPS) is 12.6. The fourth-order valence-corrected chi connectivity index (χ4v) is 11.9. The quantitative estimate of drug-likeness (QED) is 0.0320. The monoisotopic (exact) mass is 1140 g/mol. The lowest BCUT2D eigenvalue weighted by molar-refractivity contribution is -0.143. The molecule has 0 aromatic rings. The standard InChI is InChI=1S/C75H145NO5/c1-3-5-7-9-11-13-15-17-41-44-47-51-55-59-63-67-73(78)72(71-77)76-74(79)68-64-60-56-52-48-45-42-39-37-35-33-31-29-27-25-23-21-19-18-20-22-24-26-28-30-32-34-36-38-40-43-46-50-54-58-62-66-70-81-75(80)69-65-61-57-53-49-16-14-12-10-8-6-4-2/h18,20,24,26,72-73,77-78H,3-17,19,21-23,25,27-71H2,1-2H3,(H,76,79)/b20-18-,26-24-. The molecule has 81 heavy (non-hydrogen) atoms. The summed E-state index contributed by atoms with van der Waals surface area (Å²) < 4.78 is 5.48. The minimum Gasteiger partial charge on any atom is -0.466 e. The van der Waals surface area contributed by atoms with Gasteiger partial charge in [0, 0.05) is 12.8 Å². The summed E-state index contributed by atoms with van der Waals surface area (Å²) in [5.74, 6) is -0.00892. The predicted octanol–water partition coefficient (Wildman–Crippen LogP) is 24.1. The van der Waals surface area contributed by atoms with Gasteiger partial charge in [0.15, 0.2) is 0 Å². The lowest BCUT2D eigenvalue weighted by Gasteiger charge is -2.22. The third-order valence-electron chi connectivity index (χ3n) is 17.5. The van der Waals surface area contributed by atoms with Gasteiger partial charge in [-0.3, -0.25) is 9.59 Å². The summed E-state index contributed by atoms with van der Waals surface area (Å²) in [4.78, 5) is 24.5. The van der Waals surface area contributed by atoms with E-state index in [0.717, 1.165) is 44.9 Å². The summed E-state index contributed by atoms with van der Waals surface area (Å²) in [5, 5.41) is 23.3. The highest BCUT2D eigenvalue weighted by atomic mass is 16.5. The first kappa shape index (κ1) is 79.3. The highest BCUT2D eigenvalue weighted by Gasteiger charge is 2.20. The van der Waals surface area contributed by atoms with E-state index in [9.17, 15) is 19.8 Å². The number of aliphatic hydroxyl groups excluding tert-OH is 2. The van der Waals surface area contributed by atoms with Gasteiger partial charge in [0.1, 0.15) is 0 Å². The van der Waals surface area contributed by atoms with Gasteiger partial charge in [-0.05, 0) is 57.8 Å². The topological polar surface area (TPSA) is 95.9 Å². The van der Waals surface area contributed by atoms with Crippen molar-refractivity contribution in [2.45, 2.75) is 431 Å². The molecule has 2 unspecified atom stereocenters. The van der Waals surface area contributed by atoms with E-state index in [1.54, 1.807) is 0 Å². The molecule has 2 atom stereocenters. The van der Waals surface area contributed by atoms with Gasteiger partial charge >= 0.3 is 5.97 Å². The zero-order chi connectivity index (χ0) is 58.5. The summed E-state index contributed by atoms with van der Waals surface area (Å²) in [5.41, 5.74) is 0. The summed E-state index contributed by atoms with van der Waals surface area (Å²) in [6.45, 7) is 4.99. The van der Waals surface area contributed by atoms with Crippen molar-refractivity contribution >= 4 is 11.9 Å². The Morgan fingerprint density at radius 3 is 0.938 bits per heavy atom. The Labute approximate surface area is 507 Å². The molecule has 6 nitrogen and oxygen atoms in total. The Hall–Kier alpha value is -1.66. The zero-order valence-electron chi connectivity index (χ0n) is 55.0. The number of ether oxygens (including phenoxy) is 1. The molecule has 0 fully saturated rings. The Kier molecular flexibility index (Phi) is 69.4. The molecule has 0 rings (SSSR count). The van der Waals surface area contributed by atoms with Crippen molar-refractivity contribution in [2.24, 2.45) is 0 Å². The van der Waals surface area contributed by atoms with Gasteiger partial charge in [-0.2, -0.15) is 0 Å². The van der Waals surface area contributed by atoms with Crippen molar-refractivity contribution in [2.75, 3.05) is 13.2 Å². The van der Waals surface area contributed by atoms with Crippen molar-refractivity contribution in [1.82, 2.24) is 5.32 Å². The molecule has 0 spiro atoms. The van der Waals surface area contributed by atoms with Crippen LogP contribution >= 0.6 is 0 Å². The van der Waals surface area contributed by atoms with E-state index in [0.29, 0.717) is 25.9 Å². The third kappa shape index (κ3) is 67.3. The van der Waals surface area contributed by atoms with Crippen molar-refractivity contribution < 1.29 is 24.5 Å². The number of allylic oxidation sites excluding steroid dienone is 4. The SMILES string of the molecule is CCCCCCCCCCCCCCCCCC(O)C(CO)NC(=O)CCCCCCCCCCCCCCCCCCC/C=C\C/C=C\CCCCCCCCCCCCCCCOC(=O)CCCCCCCCCCCCCC. The van der Waals surface area contributed by atoms with Gasteiger partial charge in [0.05, 0.1) is 25.4 Å². The van der Waals surface area contributed by atoms with Crippen molar-refractivity contribution in [3.05, 3.63) is 24.3 Å². The molecule has 0 aromatic carbocycles. The van der Waals surface area contributed by atoms with Crippen molar-refractivity contribution in [1.29, 1.82) is 0 Å². The van der Waals surface area contributed by atoms with Crippen LogP contribution < -0.4 is 5.32 Å². The van der Waals surface area contributed by atoms with E-state index in [1.165, 1.54) is 340 Å². The molecule has 0 aliphatic rings. The molecule has 0 aliphatic heterocycles. The van der Waals surface area contributed by atoms with Crippen LogP contribution in [0, 0.1) is 0 Å². The molecule has 1 amide bonds. The Morgan fingerprint density at radius 1 is 0.346 bits per heavy atom. The summed E-state index contributed by atoms with van der Waals surface area (Å²) >= 11 is 0. The molecule has 0 saturated heterocycles. The van der Waals surface area contributed by atoms with E-state index in [1.807, 2.05) is 0 Å². The molecule has 0 aliphatic carbocycles. The molecule has 3 N–H and O–H groups in total. The second kappa shape index (κ2) is 70.8. The first-order valence-corrected chi connectivity index (χ1v) is 37.1. The molecule has 0 heterocycles. The van der Waals surface area contributed by atoms with Crippen LogP contribution in [0.2, 0.25) is 0 Å². The van der Waals surface area contributed by atoms with E-state index in [4.69, 9.17) is 4.74 Å². The summed E-state index contributed by atoms with van der Waals surface area (Å²) in [7, 11) is 0. The molecule has 0 saturated carbocycles. The zero-order valence-corrected chi connectivity index (χ0v) is 55.0. The van der Waals surface area contributed by atoms with Gasteiger partial charge < -0.3 is 20.3 Å². The smallest absolute Gasteiger partial charge is 0.305 e. The number of hydrogen-bond donors (Lipinski definition) is 3. The van der Waals surface area contributed by atoms with E-state index in [2.05, 4.69) is 43.5 Å². The predicted molar refractivity (Wildman–Crippen MR) is 356 cm³/mol. The Morgan fingerprint density at radius 2 is 0.617 bits per heavy atom. The highest BCUT2D eigenvalue weighted by Crippen LogP contribution is 2.19. The maximum atomic E-state index is 12.5. The largest absolute Gasteiger partial charge is 0.466 e. The lowest BCUT2D eigenvalue weighted by atomic mass is 10.0. The number of unbranched alkanes of at least 4 members (excludes halogenated alkanes) is 55. The van der Waals surface area contributed by atoms with Crippen LogP contribution in [0.5, 0.6) is 0 Å². The number of hydrogen-bond acceptors (Lipinski definition) is 5. The lowest BCUT2D eigenvalue weighted by Crippen LogP contribution is -2.45. The van der Waals surface area contributed by atoms with E-state index >= 15 is 0 Å². The molecule has 480 valence electrons. The highest BCUT2D eigenvalue weighted by molar-refractivity contribution is 5.76. The molecule has 0 radical (unpaired) electrons. The Balaban J connectivity index is 3.35. The van der Waals surface area contributed by atoms with Crippen LogP contribution in [0.1, 0.15) is 418 Å². The van der Waals surface area contributed by atoms with Crippen LogP contribution in [0.25, 0.3) is 0 Å². The number of esters is 1. The number of carbonyl (C=O) groups excluding carboxylic acids is 2. The summed E-state index contributed by atoms with van der Waals surface area (Å²) in [6.07, 6.45) is 89.7. The van der Waals surface area contributed by atoms with Crippen molar-refractivity contribution in [3.8, 4) is 0 Å². The fraction of sp³-hybridized carbons (Fsp3) is 0.920. The Bertz CT molecular complexity index is 1270. The van der Waals surface area contributed by atoms with Crippen LogP contribution in [-0.4, -0.2) is 47.4 Å². The van der Waals surface area contributed by atoms with Crippen LogP contribution in [0.4, 0.5) is 0 Å². The third-order valence-corrected chi connectivity index (χ3v) is 17.5. The number of aliphatic hydroxyl groups is 2. The maximum Gasteiger partial charge on any atom is 0.305 e. The molecule has 0 aromatic heterocycles. The van der Waals surface area contributed by atoms with Crippen LogP contribution in [0.15, 0.2) is 24.3 Å². The first-order chi connectivity index (χ1) is 40.0. The fourth-order valence-electron chi connectivity index (χ4n) is 11.9. The molecular weight excluding hydrogens is 995 g/mol. The molecular formula is C75H145NO5. The van der Waals surface area contributed by atoms with Gasteiger partial charge in [0.25, 0.3) is 0 Å². The maximum absolute atomic E-state index is 12.5. The number of carbonyl (C=O) groups is 2. The number of amides is 1. The van der Waals surface area contributed by atoms with Gasteiger partial charge in [0.2, 0.25) is 5.91 Å². The minimum atomic E-state index is -0.662. The first-order valence-electron chi connectivity index (χ1n) is 37.1. The van der Waals surface area contributed by atoms with Crippen LogP contribution in [-0.2, 0) is 14.3 Å². The average Bonchev–Trinajstić information content (AvgIpc) is 3.47. The number of nitrogens with one attached hydrogen (secondary N) is 1. The molecule has 6 heteroatoms. The van der Waals surface area contributed by atoms with Gasteiger partial charge in [-0.15, -0.1) is 0 Å². The summed E-state index contributed by atoms with van der Waals surface area (Å²) in [6, 6.07) is -0.539. The number of rotatable bonds is 70. The van der Waals surface area contributed by atoms with Gasteiger partial charge in [-0.25, -0.2) is 0 Å². The van der Waals surface area contributed by atoms with Crippen LogP contribution in [0.3, 0.4) is 0 Å². The molecule has 0 bridgehead atoms. The second-order valence-corrected chi connectivity index (χ2v) is 25.6. The van der Waals surface area contributed by atoms with E-state index in [-0.39, 0.29) is 18.5 Å².